The van der Waals surface area contributed by atoms with E-state index < -0.39 is 12.0 Å². The Hall–Kier alpha value is -1.92. The zero-order chi connectivity index (χ0) is 15.0. The third-order valence-corrected chi connectivity index (χ3v) is 4.67. The SMILES string of the molecule is CCc1nc(C(=O)N2C(C(=O)O)CC3CCCCC32)n[nH]1. The molecule has 0 bridgehead atoms. The van der Waals surface area contributed by atoms with Crippen LogP contribution in [0.3, 0.4) is 0 Å². The molecule has 114 valence electrons. The summed E-state index contributed by atoms with van der Waals surface area (Å²) < 4.78 is 0. The van der Waals surface area contributed by atoms with Gasteiger partial charge in [-0.15, -0.1) is 5.10 Å². The first kappa shape index (κ1) is 14.0. The lowest BCUT2D eigenvalue weighted by atomic mass is 9.85. The minimum absolute atomic E-state index is 0.0240. The maximum Gasteiger partial charge on any atom is 0.326 e. The molecule has 7 heteroatoms. The number of aryl methyl sites for hydroxylation is 1. The van der Waals surface area contributed by atoms with Crippen molar-refractivity contribution >= 4 is 11.9 Å². The van der Waals surface area contributed by atoms with Gasteiger partial charge in [0.25, 0.3) is 5.91 Å². The van der Waals surface area contributed by atoms with E-state index in [1.807, 2.05) is 6.92 Å². The van der Waals surface area contributed by atoms with Crippen molar-refractivity contribution in [2.75, 3.05) is 0 Å². The molecule has 1 amide bonds. The summed E-state index contributed by atoms with van der Waals surface area (Å²) in [6.07, 6.45) is 5.27. The highest BCUT2D eigenvalue weighted by Crippen LogP contribution is 2.40. The van der Waals surface area contributed by atoms with Gasteiger partial charge in [0.2, 0.25) is 5.82 Å². The molecular formula is C14H20N4O3. The van der Waals surface area contributed by atoms with Gasteiger partial charge in [-0.2, -0.15) is 0 Å². The average Bonchev–Trinajstić information content (AvgIpc) is 3.11. The molecule has 1 aliphatic heterocycles. The third kappa shape index (κ3) is 2.41. The van der Waals surface area contributed by atoms with E-state index in [9.17, 15) is 14.7 Å². The normalized spacial score (nSPS) is 28.4. The molecule has 2 aliphatic rings. The highest BCUT2D eigenvalue weighted by Gasteiger charge is 2.48. The number of carbonyl (C=O) groups excluding carboxylic acids is 1. The number of aliphatic carboxylic acids is 1. The van der Waals surface area contributed by atoms with E-state index in [4.69, 9.17) is 0 Å². The molecule has 2 heterocycles. The molecule has 2 N–H and O–H groups in total. The number of carboxylic acids is 1. The predicted molar refractivity (Wildman–Crippen MR) is 73.7 cm³/mol. The first-order valence-electron chi connectivity index (χ1n) is 7.58. The van der Waals surface area contributed by atoms with Crippen LogP contribution in [0.15, 0.2) is 0 Å². The van der Waals surface area contributed by atoms with Crippen LogP contribution in [0.1, 0.15) is 55.5 Å². The second-order valence-corrected chi connectivity index (χ2v) is 5.87. The summed E-state index contributed by atoms with van der Waals surface area (Å²) in [7, 11) is 0. The number of rotatable bonds is 3. The first-order valence-corrected chi connectivity index (χ1v) is 7.58. The van der Waals surface area contributed by atoms with Crippen molar-refractivity contribution in [1.29, 1.82) is 0 Å². The van der Waals surface area contributed by atoms with Crippen LogP contribution in [-0.2, 0) is 11.2 Å². The van der Waals surface area contributed by atoms with Gasteiger partial charge in [-0.1, -0.05) is 19.8 Å². The number of hydrogen-bond donors (Lipinski definition) is 2. The summed E-state index contributed by atoms with van der Waals surface area (Å²) in [5, 5.41) is 16.1. The molecule has 21 heavy (non-hydrogen) atoms. The fourth-order valence-corrected chi connectivity index (χ4v) is 3.64. The Kier molecular flexibility index (Phi) is 3.65. The van der Waals surface area contributed by atoms with Gasteiger partial charge in [0, 0.05) is 12.5 Å². The second-order valence-electron chi connectivity index (χ2n) is 5.87. The molecular weight excluding hydrogens is 272 g/mol. The highest BCUT2D eigenvalue weighted by atomic mass is 16.4. The maximum atomic E-state index is 12.7. The van der Waals surface area contributed by atoms with Crippen LogP contribution in [-0.4, -0.2) is 49.1 Å². The standard InChI is InChI=1S/C14H20N4O3/c1-2-11-15-12(17-16-11)13(19)18-9-6-4-3-5-8(9)7-10(18)14(20)21/h8-10H,2-7H2,1H3,(H,20,21)(H,15,16,17). The molecule has 3 rings (SSSR count). The van der Waals surface area contributed by atoms with Gasteiger partial charge in [-0.3, -0.25) is 9.89 Å². The van der Waals surface area contributed by atoms with Crippen molar-refractivity contribution in [2.45, 2.75) is 57.5 Å². The number of fused-ring (bicyclic) bond motifs is 1. The fourth-order valence-electron chi connectivity index (χ4n) is 3.64. The number of carbonyl (C=O) groups is 2. The Bertz CT molecular complexity index is 556. The van der Waals surface area contributed by atoms with Crippen LogP contribution in [0.4, 0.5) is 0 Å². The summed E-state index contributed by atoms with van der Waals surface area (Å²) in [6, 6.07) is -0.717. The van der Waals surface area contributed by atoms with Gasteiger partial charge >= 0.3 is 5.97 Å². The number of aromatic amines is 1. The molecule has 2 fully saturated rings. The Morgan fingerprint density at radius 2 is 2.14 bits per heavy atom. The highest BCUT2D eigenvalue weighted by molar-refractivity contribution is 5.94. The molecule has 1 saturated carbocycles. The Morgan fingerprint density at radius 3 is 2.81 bits per heavy atom. The van der Waals surface area contributed by atoms with E-state index >= 15 is 0 Å². The second kappa shape index (κ2) is 5.46. The van der Waals surface area contributed by atoms with Crippen LogP contribution in [0.2, 0.25) is 0 Å². The van der Waals surface area contributed by atoms with Crippen molar-refractivity contribution < 1.29 is 14.7 Å². The Labute approximate surface area is 122 Å². The van der Waals surface area contributed by atoms with Gasteiger partial charge in [-0.25, -0.2) is 9.78 Å². The van der Waals surface area contributed by atoms with E-state index in [1.165, 1.54) is 4.90 Å². The molecule has 1 aromatic rings. The number of H-pyrrole nitrogens is 1. The van der Waals surface area contributed by atoms with E-state index in [2.05, 4.69) is 15.2 Å². The van der Waals surface area contributed by atoms with Gasteiger partial charge in [0.1, 0.15) is 11.9 Å². The Morgan fingerprint density at radius 1 is 1.38 bits per heavy atom. The zero-order valence-corrected chi connectivity index (χ0v) is 12.1. The fraction of sp³-hybridized carbons (Fsp3) is 0.714. The average molecular weight is 292 g/mol. The van der Waals surface area contributed by atoms with E-state index in [1.54, 1.807) is 0 Å². The van der Waals surface area contributed by atoms with Crippen LogP contribution < -0.4 is 0 Å². The minimum Gasteiger partial charge on any atom is -0.480 e. The zero-order valence-electron chi connectivity index (χ0n) is 12.1. The van der Waals surface area contributed by atoms with Gasteiger partial charge in [0.05, 0.1) is 0 Å². The molecule has 0 aromatic carbocycles. The van der Waals surface area contributed by atoms with Crippen LogP contribution in [0, 0.1) is 5.92 Å². The number of likely N-dealkylation sites (tertiary alicyclic amines) is 1. The molecule has 1 aromatic heterocycles. The molecule has 3 atom stereocenters. The monoisotopic (exact) mass is 292 g/mol. The first-order chi connectivity index (χ1) is 10.1. The lowest BCUT2D eigenvalue weighted by Gasteiger charge is -2.32. The van der Waals surface area contributed by atoms with Crippen molar-refractivity contribution in [3.8, 4) is 0 Å². The van der Waals surface area contributed by atoms with Crippen LogP contribution in [0.25, 0.3) is 0 Å². The largest absolute Gasteiger partial charge is 0.480 e. The van der Waals surface area contributed by atoms with Gasteiger partial charge in [0.15, 0.2) is 0 Å². The van der Waals surface area contributed by atoms with E-state index in [0.717, 1.165) is 25.7 Å². The van der Waals surface area contributed by atoms with Crippen molar-refractivity contribution in [3.63, 3.8) is 0 Å². The van der Waals surface area contributed by atoms with Crippen molar-refractivity contribution in [3.05, 3.63) is 11.6 Å². The summed E-state index contributed by atoms with van der Waals surface area (Å²) in [5.41, 5.74) is 0. The summed E-state index contributed by atoms with van der Waals surface area (Å²) in [5.74, 6) is -0.251. The van der Waals surface area contributed by atoms with Crippen LogP contribution >= 0.6 is 0 Å². The topological polar surface area (TPSA) is 99.2 Å². The number of hydrogen-bond acceptors (Lipinski definition) is 4. The number of amides is 1. The van der Waals surface area contributed by atoms with Gasteiger partial charge < -0.3 is 10.0 Å². The predicted octanol–water partition coefficient (Wildman–Crippen LogP) is 1.22. The molecule has 0 spiro atoms. The van der Waals surface area contributed by atoms with E-state index in [0.29, 0.717) is 24.6 Å². The number of aromatic nitrogens is 3. The number of nitrogens with zero attached hydrogens (tertiary/aromatic N) is 3. The summed E-state index contributed by atoms with van der Waals surface area (Å²) in [4.78, 5) is 29.8. The number of nitrogens with one attached hydrogen (secondary N) is 1. The molecule has 0 radical (unpaired) electrons. The number of carboxylic acid groups (broad SMARTS) is 1. The molecule has 7 nitrogen and oxygen atoms in total. The quantitative estimate of drug-likeness (QED) is 0.872. The third-order valence-electron chi connectivity index (χ3n) is 4.67. The smallest absolute Gasteiger partial charge is 0.326 e. The lowest BCUT2D eigenvalue weighted by molar-refractivity contribution is -0.141. The van der Waals surface area contributed by atoms with Crippen LogP contribution in [0.5, 0.6) is 0 Å². The lowest BCUT2D eigenvalue weighted by Crippen LogP contribution is -2.46. The minimum atomic E-state index is -0.927. The Balaban J connectivity index is 1.88. The van der Waals surface area contributed by atoms with Crippen molar-refractivity contribution in [2.24, 2.45) is 5.92 Å². The summed E-state index contributed by atoms with van der Waals surface area (Å²) >= 11 is 0. The maximum absolute atomic E-state index is 12.7. The molecule has 1 aliphatic carbocycles. The summed E-state index contributed by atoms with van der Waals surface area (Å²) in [6.45, 7) is 1.92. The van der Waals surface area contributed by atoms with Gasteiger partial charge in [-0.05, 0) is 25.2 Å². The van der Waals surface area contributed by atoms with E-state index in [-0.39, 0.29) is 17.8 Å². The molecule has 1 saturated heterocycles. The molecule has 3 unspecified atom stereocenters. The van der Waals surface area contributed by atoms with Crippen molar-refractivity contribution in [1.82, 2.24) is 20.1 Å².